The highest BCUT2D eigenvalue weighted by Crippen LogP contribution is 2.50. The monoisotopic (exact) mass is 352 g/mol. The third kappa shape index (κ3) is 2.62. The minimum atomic E-state index is -1.08. The van der Waals surface area contributed by atoms with Crippen molar-refractivity contribution in [3.63, 3.8) is 0 Å². The Morgan fingerprint density at radius 3 is 2.04 bits per heavy atom. The van der Waals surface area contributed by atoms with E-state index in [0.29, 0.717) is 5.92 Å². The van der Waals surface area contributed by atoms with E-state index in [-0.39, 0.29) is 5.92 Å². The zero-order chi connectivity index (χ0) is 18.9. The van der Waals surface area contributed by atoms with E-state index in [9.17, 15) is 5.11 Å². The number of methoxy groups -OCH3 is 2. The Labute approximate surface area is 156 Å². The van der Waals surface area contributed by atoms with Crippen molar-refractivity contribution in [2.24, 2.45) is 11.8 Å². The first-order chi connectivity index (χ1) is 12.4. The quantitative estimate of drug-likeness (QED) is 0.631. The van der Waals surface area contributed by atoms with E-state index in [1.165, 1.54) is 0 Å². The Kier molecular flexibility index (Phi) is 5.07. The van der Waals surface area contributed by atoms with Crippen molar-refractivity contribution in [2.75, 3.05) is 14.2 Å². The van der Waals surface area contributed by atoms with Crippen molar-refractivity contribution < 1.29 is 14.6 Å². The van der Waals surface area contributed by atoms with E-state index >= 15 is 0 Å². The number of allylic oxidation sites excluding steroid dienone is 1. The van der Waals surface area contributed by atoms with Crippen LogP contribution in [0.3, 0.4) is 0 Å². The van der Waals surface area contributed by atoms with Crippen LogP contribution in [0, 0.1) is 11.8 Å². The number of hydrogen-bond acceptors (Lipinski definition) is 3. The molecule has 1 aliphatic rings. The predicted molar refractivity (Wildman–Crippen MR) is 104 cm³/mol. The highest BCUT2D eigenvalue weighted by atomic mass is 16.7. The predicted octanol–water partition coefficient (Wildman–Crippen LogP) is 4.60. The normalized spacial score (nSPS) is 26.0. The second-order valence-corrected chi connectivity index (χ2v) is 7.20. The fourth-order valence-electron chi connectivity index (χ4n) is 4.32. The number of benzene rings is 2. The minimum absolute atomic E-state index is 0.0610. The lowest BCUT2D eigenvalue weighted by molar-refractivity contribution is -0.185. The Morgan fingerprint density at radius 1 is 0.923 bits per heavy atom. The average Bonchev–Trinajstić information content (AvgIpc) is 2.88. The molecule has 0 saturated heterocycles. The second-order valence-electron chi connectivity index (χ2n) is 7.20. The molecule has 0 heterocycles. The first-order valence-corrected chi connectivity index (χ1v) is 9.09. The van der Waals surface area contributed by atoms with Crippen LogP contribution in [0.1, 0.15) is 37.5 Å². The Hall–Kier alpha value is -1.94. The van der Waals surface area contributed by atoms with Gasteiger partial charge in [-0.15, -0.1) is 0 Å². The third-order valence-corrected chi connectivity index (χ3v) is 5.98. The topological polar surface area (TPSA) is 38.7 Å². The van der Waals surface area contributed by atoms with E-state index in [4.69, 9.17) is 9.47 Å². The van der Waals surface area contributed by atoms with Gasteiger partial charge in [0.25, 0.3) is 0 Å². The summed E-state index contributed by atoms with van der Waals surface area (Å²) in [6.45, 7) is 6.24. The molecule has 138 valence electrons. The lowest BCUT2D eigenvalue weighted by atomic mass is 9.75. The molecule has 3 heteroatoms. The fraction of sp³-hybridized carbons (Fsp3) is 0.391. The summed E-state index contributed by atoms with van der Waals surface area (Å²) in [5.74, 6) is -0.727. The smallest absolute Gasteiger partial charge is 0.222 e. The Morgan fingerprint density at radius 2 is 1.50 bits per heavy atom. The molecule has 1 aliphatic carbocycles. The molecule has 0 aromatic heterocycles. The summed E-state index contributed by atoms with van der Waals surface area (Å²) in [6, 6.07) is 17.7. The molecule has 0 bridgehead atoms. The van der Waals surface area contributed by atoms with E-state index in [2.05, 4.69) is 19.9 Å². The average molecular weight is 352 g/mol. The van der Waals surface area contributed by atoms with Gasteiger partial charge in [0.1, 0.15) is 5.60 Å². The number of rotatable bonds is 5. The van der Waals surface area contributed by atoms with Gasteiger partial charge in [0.15, 0.2) is 0 Å². The van der Waals surface area contributed by atoms with Crippen LogP contribution >= 0.6 is 0 Å². The van der Waals surface area contributed by atoms with Gasteiger partial charge in [0.2, 0.25) is 5.79 Å². The molecule has 0 amide bonds. The van der Waals surface area contributed by atoms with Crippen LogP contribution in [0.5, 0.6) is 0 Å². The van der Waals surface area contributed by atoms with Crippen LogP contribution in [-0.4, -0.2) is 19.3 Å². The molecule has 3 rings (SSSR count). The van der Waals surface area contributed by atoms with Gasteiger partial charge in [-0.2, -0.15) is 0 Å². The zero-order valence-electron chi connectivity index (χ0n) is 16.2. The molecule has 3 unspecified atom stereocenters. The van der Waals surface area contributed by atoms with Gasteiger partial charge in [-0.3, -0.25) is 0 Å². The van der Waals surface area contributed by atoms with E-state index < -0.39 is 11.4 Å². The zero-order valence-corrected chi connectivity index (χ0v) is 16.2. The molecule has 0 radical (unpaired) electrons. The van der Waals surface area contributed by atoms with Crippen LogP contribution in [0.25, 0.3) is 0 Å². The minimum Gasteiger partial charge on any atom is -0.380 e. The Bertz CT molecular complexity index is 792. The largest absolute Gasteiger partial charge is 0.380 e. The maximum Gasteiger partial charge on any atom is 0.222 e. The van der Waals surface area contributed by atoms with Crippen molar-refractivity contribution in [1.29, 1.82) is 0 Å². The summed E-state index contributed by atoms with van der Waals surface area (Å²) in [6.07, 6.45) is 2.16. The second kappa shape index (κ2) is 6.99. The highest BCUT2D eigenvalue weighted by molar-refractivity contribution is 5.47. The van der Waals surface area contributed by atoms with E-state index in [1.807, 2.05) is 61.5 Å². The molecule has 0 spiro atoms. The van der Waals surface area contributed by atoms with Crippen molar-refractivity contribution >= 4 is 0 Å². The molecule has 26 heavy (non-hydrogen) atoms. The highest BCUT2D eigenvalue weighted by Gasteiger charge is 2.48. The molecule has 3 atom stereocenters. The molecule has 3 nitrogen and oxygen atoms in total. The van der Waals surface area contributed by atoms with Crippen molar-refractivity contribution in [2.45, 2.75) is 32.2 Å². The lowest BCUT2D eigenvalue weighted by Crippen LogP contribution is -2.40. The molecule has 2 aromatic rings. The summed E-state index contributed by atoms with van der Waals surface area (Å²) in [5.41, 5.74) is 2.47. The summed E-state index contributed by atoms with van der Waals surface area (Å²) in [4.78, 5) is 0. The summed E-state index contributed by atoms with van der Waals surface area (Å²) >= 11 is 0. The van der Waals surface area contributed by atoms with Gasteiger partial charge in [-0.05, 0) is 29.9 Å². The summed E-state index contributed by atoms with van der Waals surface area (Å²) in [7, 11) is 3.28. The van der Waals surface area contributed by atoms with Gasteiger partial charge in [-0.1, -0.05) is 74.5 Å². The third-order valence-electron chi connectivity index (χ3n) is 5.98. The maximum atomic E-state index is 11.8. The summed E-state index contributed by atoms with van der Waals surface area (Å²) in [5, 5.41) is 11.8. The van der Waals surface area contributed by atoms with Gasteiger partial charge in [0.05, 0.1) is 0 Å². The lowest BCUT2D eigenvalue weighted by Gasteiger charge is -2.39. The standard InChI is InChI=1S/C23H28O3/c1-16-15-17(2)22(24,18(16)3)20-13-9-10-14-21(20)23(25-4,26-5)19-11-7-6-8-12-19/h6-16,18,24H,1-5H3. The number of hydrogen-bond donors (Lipinski definition) is 1. The van der Waals surface area contributed by atoms with Crippen LogP contribution < -0.4 is 0 Å². The Balaban J connectivity index is 2.26. The molecule has 0 fully saturated rings. The first-order valence-electron chi connectivity index (χ1n) is 9.09. The fourth-order valence-corrected chi connectivity index (χ4v) is 4.32. The van der Waals surface area contributed by atoms with Crippen LogP contribution in [-0.2, 0) is 20.9 Å². The van der Waals surface area contributed by atoms with Crippen LogP contribution in [0.4, 0.5) is 0 Å². The van der Waals surface area contributed by atoms with Gasteiger partial charge < -0.3 is 14.6 Å². The van der Waals surface area contributed by atoms with Crippen molar-refractivity contribution in [3.8, 4) is 0 Å². The number of aliphatic hydroxyl groups is 1. The van der Waals surface area contributed by atoms with Gasteiger partial charge in [0, 0.05) is 25.3 Å². The SMILES string of the molecule is COC(OC)(c1ccccc1)c1ccccc1C1(O)C(C)=CC(C)C1C. The first kappa shape index (κ1) is 18.8. The maximum absolute atomic E-state index is 11.8. The van der Waals surface area contributed by atoms with Gasteiger partial charge in [-0.25, -0.2) is 0 Å². The molecule has 1 N–H and O–H groups in total. The van der Waals surface area contributed by atoms with Crippen LogP contribution in [0.15, 0.2) is 66.2 Å². The summed E-state index contributed by atoms with van der Waals surface area (Å²) < 4.78 is 11.9. The molecule has 2 aromatic carbocycles. The molecule has 0 aliphatic heterocycles. The van der Waals surface area contributed by atoms with Crippen LogP contribution in [0.2, 0.25) is 0 Å². The van der Waals surface area contributed by atoms with Gasteiger partial charge >= 0.3 is 0 Å². The molecular formula is C23H28O3. The van der Waals surface area contributed by atoms with E-state index in [0.717, 1.165) is 22.3 Å². The number of ether oxygens (including phenoxy) is 2. The van der Waals surface area contributed by atoms with E-state index in [1.54, 1.807) is 14.2 Å². The van der Waals surface area contributed by atoms with Crippen molar-refractivity contribution in [1.82, 2.24) is 0 Å². The molecule has 0 saturated carbocycles. The molecular weight excluding hydrogens is 324 g/mol. The van der Waals surface area contributed by atoms with Crippen molar-refractivity contribution in [3.05, 3.63) is 82.9 Å².